The Hall–Kier alpha value is -3.05. The first-order valence-electron chi connectivity index (χ1n) is 10.9. The molecule has 0 aromatic heterocycles. The van der Waals surface area contributed by atoms with Gasteiger partial charge in [0.1, 0.15) is 12.1 Å². The van der Waals surface area contributed by atoms with Crippen LogP contribution in [0.5, 0.6) is 0 Å². The van der Waals surface area contributed by atoms with Crippen LogP contribution in [-0.4, -0.2) is 52.7 Å². The van der Waals surface area contributed by atoms with E-state index in [1.165, 1.54) is 23.1 Å². The van der Waals surface area contributed by atoms with Crippen LogP contribution < -0.4 is 10.6 Å². The number of imide groups is 1. The summed E-state index contributed by atoms with van der Waals surface area (Å²) in [6, 6.07) is 0.668. The van der Waals surface area contributed by atoms with Crippen LogP contribution in [0.2, 0.25) is 0 Å². The maximum absolute atomic E-state index is 13.7. The van der Waals surface area contributed by atoms with Gasteiger partial charge in [-0.25, -0.2) is 8.78 Å². The van der Waals surface area contributed by atoms with Gasteiger partial charge in [-0.3, -0.25) is 24.5 Å². The minimum Gasteiger partial charge on any atom is -0.340 e. The van der Waals surface area contributed by atoms with Crippen LogP contribution in [0.25, 0.3) is 0 Å². The Morgan fingerprint density at radius 3 is 2.41 bits per heavy atom. The molecule has 0 radical (unpaired) electrons. The van der Waals surface area contributed by atoms with Crippen LogP contribution in [0.4, 0.5) is 22.0 Å². The number of carbonyl (C=O) groups excluding carboxylic acids is 4. The van der Waals surface area contributed by atoms with Gasteiger partial charge in [-0.15, -0.1) is 0 Å². The monoisotopic (exact) mass is 487 g/mol. The van der Waals surface area contributed by atoms with Crippen molar-refractivity contribution in [1.82, 2.24) is 15.5 Å². The molecule has 3 aliphatic rings. The average molecular weight is 487 g/mol. The van der Waals surface area contributed by atoms with E-state index in [-0.39, 0.29) is 43.4 Å². The summed E-state index contributed by atoms with van der Waals surface area (Å²) < 4.78 is 67.7. The minimum absolute atomic E-state index is 0.0397. The summed E-state index contributed by atoms with van der Waals surface area (Å²) in [6.07, 6.45) is -6.67. The largest absolute Gasteiger partial charge is 0.408 e. The maximum atomic E-state index is 13.7. The Morgan fingerprint density at radius 1 is 1.12 bits per heavy atom. The van der Waals surface area contributed by atoms with E-state index in [4.69, 9.17) is 0 Å². The van der Waals surface area contributed by atoms with E-state index < -0.39 is 66.6 Å². The van der Waals surface area contributed by atoms with Crippen molar-refractivity contribution in [2.75, 3.05) is 0 Å². The second-order valence-electron chi connectivity index (χ2n) is 8.96. The number of carbonyl (C=O) groups is 4. The zero-order chi connectivity index (χ0) is 24.8. The summed E-state index contributed by atoms with van der Waals surface area (Å²) in [5.74, 6) is -6.73. The molecular formula is C22H22F5N3O4. The van der Waals surface area contributed by atoms with Crippen molar-refractivity contribution in [3.8, 4) is 0 Å². The molecule has 1 aromatic carbocycles. The summed E-state index contributed by atoms with van der Waals surface area (Å²) in [6.45, 7) is -0.0397. The van der Waals surface area contributed by atoms with Crippen molar-refractivity contribution in [3.05, 3.63) is 34.9 Å². The molecular weight excluding hydrogens is 465 g/mol. The molecule has 4 amide bonds. The number of halogens is 5. The fourth-order valence-electron chi connectivity index (χ4n) is 4.80. The number of amides is 4. The third kappa shape index (κ3) is 4.76. The normalized spacial score (nSPS) is 24.0. The molecule has 2 aliphatic heterocycles. The number of benzene rings is 1. The van der Waals surface area contributed by atoms with E-state index >= 15 is 0 Å². The number of nitrogens with zero attached hydrogens (tertiary/aromatic N) is 1. The molecule has 34 heavy (non-hydrogen) atoms. The van der Waals surface area contributed by atoms with Crippen LogP contribution >= 0.6 is 0 Å². The molecule has 2 fully saturated rings. The summed E-state index contributed by atoms with van der Waals surface area (Å²) in [4.78, 5) is 50.1. The lowest BCUT2D eigenvalue weighted by Gasteiger charge is -2.35. The van der Waals surface area contributed by atoms with Crippen LogP contribution in [0.15, 0.2) is 18.2 Å². The summed E-state index contributed by atoms with van der Waals surface area (Å²) in [5, 5.41) is 4.12. The van der Waals surface area contributed by atoms with E-state index in [2.05, 4.69) is 5.32 Å². The lowest BCUT2D eigenvalue weighted by Crippen LogP contribution is -2.52. The van der Waals surface area contributed by atoms with Gasteiger partial charge in [-0.1, -0.05) is 0 Å². The van der Waals surface area contributed by atoms with Gasteiger partial charge in [-0.2, -0.15) is 13.2 Å². The molecule has 1 aliphatic carbocycles. The quantitative estimate of drug-likeness (QED) is 0.505. The van der Waals surface area contributed by atoms with E-state index in [1.54, 1.807) is 0 Å². The molecule has 0 bridgehead atoms. The lowest BCUT2D eigenvalue weighted by molar-refractivity contribution is -0.173. The highest BCUT2D eigenvalue weighted by Crippen LogP contribution is 2.41. The Bertz CT molecular complexity index is 1030. The van der Waals surface area contributed by atoms with Gasteiger partial charge in [0.25, 0.3) is 11.8 Å². The number of hydrogen-bond donors (Lipinski definition) is 2. The fourth-order valence-corrected chi connectivity index (χ4v) is 4.80. The van der Waals surface area contributed by atoms with Crippen LogP contribution in [-0.2, 0) is 16.1 Å². The zero-order valence-corrected chi connectivity index (χ0v) is 17.9. The van der Waals surface area contributed by atoms with Gasteiger partial charge >= 0.3 is 6.18 Å². The van der Waals surface area contributed by atoms with Gasteiger partial charge in [-0.05, 0) is 48.9 Å². The number of fused-ring (bicyclic) bond motifs is 1. The molecule has 1 saturated heterocycles. The molecule has 184 valence electrons. The molecule has 2 heterocycles. The topological polar surface area (TPSA) is 95.6 Å². The predicted molar refractivity (Wildman–Crippen MR) is 107 cm³/mol. The van der Waals surface area contributed by atoms with Crippen molar-refractivity contribution in [3.63, 3.8) is 0 Å². The molecule has 1 saturated carbocycles. The molecule has 2 unspecified atom stereocenters. The van der Waals surface area contributed by atoms with Gasteiger partial charge in [0.15, 0.2) is 0 Å². The van der Waals surface area contributed by atoms with Crippen molar-refractivity contribution < 1.29 is 41.1 Å². The molecule has 12 heteroatoms. The maximum Gasteiger partial charge on any atom is 0.408 e. The third-order valence-corrected chi connectivity index (χ3v) is 6.66. The van der Waals surface area contributed by atoms with E-state index in [9.17, 15) is 41.1 Å². The molecule has 0 spiro atoms. The number of alkyl halides is 5. The SMILES string of the molecule is O=C1CCC(N2Cc3cc(C(=O)NC(C4CCC(F)(F)CC4)C(F)(F)F)ccc3C2=O)C(=O)N1. The number of hydrogen-bond acceptors (Lipinski definition) is 4. The lowest BCUT2D eigenvalue weighted by atomic mass is 9.81. The Balaban J connectivity index is 1.48. The summed E-state index contributed by atoms with van der Waals surface area (Å²) >= 11 is 0. The Kier molecular flexibility index (Phi) is 6.11. The fraction of sp³-hybridized carbons (Fsp3) is 0.545. The number of piperidine rings is 1. The molecule has 2 N–H and O–H groups in total. The van der Waals surface area contributed by atoms with Crippen molar-refractivity contribution in [2.24, 2.45) is 5.92 Å². The Labute approximate surface area is 191 Å². The van der Waals surface area contributed by atoms with Crippen molar-refractivity contribution in [1.29, 1.82) is 0 Å². The van der Waals surface area contributed by atoms with E-state index in [1.807, 2.05) is 5.32 Å². The highest BCUT2D eigenvalue weighted by Gasteiger charge is 2.49. The van der Waals surface area contributed by atoms with Crippen molar-refractivity contribution in [2.45, 2.75) is 69.3 Å². The first-order chi connectivity index (χ1) is 15.9. The van der Waals surface area contributed by atoms with E-state index in [0.717, 1.165) is 0 Å². The van der Waals surface area contributed by atoms with E-state index in [0.29, 0.717) is 5.56 Å². The number of nitrogens with one attached hydrogen (secondary N) is 2. The molecule has 4 rings (SSSR count). The van der Waals surface area contributed by atoms with Gasteiger partial charge < -0.3 is 10.2 Å². The summed E-state index contributed by atoms with van der Waals surface area (Å²) in [5.41, 5.74) is 0.457. The third-order valence-electron chi connectivity index (χ3n) is 6.66. The van der Waals surface area contributed by atoms with Crippen LogP contribution in [0.3, 0.4) is 0 Å². The van der Waals surface area contributed by atoms with Gasteiger partial charge in [0.2, 0.25) is 17.7 Å². The predicted octanol–water partition coefficient (Wildman–Crippen LogP) is 2.93. The second-order valence-corrected chi connectivity index (χ2v) is 8.96. The van der Waals surface area contributed by atoms with Crippen LogP contribution in [0, 0.1) is 5.92 Å². The summed E-state index contributed by atoms with van der Waals surface area (Å²) in [7, 11) is 0. The van der Waals surface area contributed by atoms with Gasteiger partial charge in [0, 0.05) is 36.9 Å². The highest BCUT2D eigenvalue weighted by atomic mass is 19.4. The molecule has 1 aromatic rings. The first-order valence-corrected chi connectivity index (χ1v) is 10.9. The smallest absolute Gasteiger partial charge is 0.340 e. The first kappa shape index (κ1) is 24.1. The van der Waals surface area contributed by atoms with Gasteiger partial charge in [0.05, 0.1) is 0 Å². The average Bonchev–Trinajstić information content (AvgIpc) is 3.07. The zero-order valence-electron chi connectivity index (χ0n) is 17.9. The number of rotatable bonds is 4. The standard InChI is InChI=1S/C22H22F5N3O4/c23-21(24)7-5-11(6-8-21)17(22(25,26)27)29-18(32)12-1-2-14-13(9-12)10-30(20(14)34)15-3-4-16(31)28-19(15)33/h1-2,9,11,15,17H,3-8,10H2,(H,29,32)(H,28,31,33). The second kappa shape index (κ2) is 8.62. The van der Waals surface area contributed by atoms with Crippen molar-refractivity contribution >= 4 is 23.6 Å². The highest BCUT2D eigenvalue weighted by molar-refractivity contribution is 6.06. The minimum atomic E-state index is -4.82. The molecule has 7 nitrogen and oxygen atoms in total. The Morgan fingerprint density at radius 2 is 1.79 bits per heavy atom. The van der Waals surface area contributed by atoms with Crippen LogP contribution in [0.1, 0.15) is 64.8 Å². The molecule has 2 atom stereocenters.